The van der Waals surface area contributed by atoms with Crippen LogP contribution in [0.4, 0.5) is 0 Å². The zero-order valence-electron chi connectivity index (χ0n) is 11.1. The molecule has 0 unspecified atom stereocenters. The van der Waals surface area contributed by atoms with Gasteiger partial charge in [-0.1, -0.05) is 13.8 Å². The summed E-state index contributed by atoms with van der Waals surface area (Å²) in [5.41, 5.74) is 5.56. The molecule has 1 aromatic heterocycles. The number of halogens is 1. The summed E-state index contributed by atoms with van der Waals surface area (Å²) >= 11 is 3.12. The molecule has 5 nitrogen and oxygen atoms in total. The Balaban J connectivity index is 2.12. The SMILES string of the molecule is CC(C)C1(CNS(=O)(=O)c2cc(CN)oc2Br)CC1. The first-order valence-corrected chi connectivity index (χ1v) is 8.56. The maximum absolute atomic E-state index is 12.2. The fourth-order valence-corrected chi connectivity index (χ4v) is 4.25. The van der Waals surface area contributed by atoms with Crippen molar-refractivity contribution in [2.45, 2.75) is 38.1 Å². The van der Waals surface area contributed by atoms with Gasteiger partial charge in [-0.15, -0.1) is 0 Å². The number of rotatable bonds is 6. The molecule has 108 valence electrons. The third kappa shape index (κ3) is 3.04. The molecule has 0 atom stereocenters. The lowest BCUT2D eigenvalue weighted by atomic mass is 9.93. The molecule has 1 fully saturated rings. The molecule has 1 saturated carbocycles. The molecule has 1 heterocycles. The van der Waals surface area contributed by atoms with Gasteiger partial charge in [0.1, 0.15) is 10.7 Å². The summed E-state index contributed by atoms with van der Waals surface area (Å²) in [6.45, 7) is 4.90. The summed E-state index contributed by atoms with van der Waals surface area (Å²) in [5, 5.41) is 0. The molecule has 0 amide bonds. The molecule has 1 aromatic rings. The van der Waals surface area contributed by atoms with Gasteiger partial charge >= 0.3 is 0 Å². The van der Waals surface area contributed by atoms with E-state index < -0.39 is 10.0 Å². The zero-order valence-corrected chi connectivity index (χ0v) is 13.5. The van der Waals surface area contributed by atoms with E-state index in [0.717, 1.165) is 12.8 Å². The van der Waals surface area contributed by atoms with Crippen LogP contribution < -0.4 is 10.5 Å². The summed E-state index contributed by atoms with van der Waals surface area (Å²) in [5.74, 6) is 0.917. The van der Waals surface area contributed by atoms with Crippen molar-refractivity contribution >= 4 is 26.0 Å². The van der Waals surface area contributed by atoms with Crippen LogP contribution in [0.1, 0.15) is 32.4 Å². The first kappa shape index (κ1) is 15.0. The predicted octanol–water partition coefficient (Wildman–Crippen LogP) is 2.22. The predicted molar refractivity (Wildman–Crippen MR) is 76.0 cm³/mol. The lowest BCUT2D eigenvalue weighted by Gasteiger charge is -2.19. The first-order chi connectivity index (χ1) is 8.81. The average Bonchev–Trinajstić information content (AvgIpc) is 3.04. The van der Waals surface area contributed by atoms with Crippen molar-refractivity contribution in [3.63, 3.8) is 0 Å². The molecule has 0 saturated heterocycles. The van der Waals surface area contributed by atoms with Crippen molar-refractivity contribution in [3.8, 4) is 0 Å². The highest BCUT2D eigenvalue weighted by Gasteiger charge is 2.45. The Morgan fingerprint density at radius 1 is 1.53 bits per heavy atom. The molecule has 0 spiro atoms. The third-order valence-corrected chi connectivity index (χ3v) is 6.19. The molecule has 7 heteroatoms. The quantitative estimate of drug-likeness (QED) is 0.823. The standard InChI is InChI=1S/C12H19BrN2O3S/c1-8(2)12(3-4-12)7-15-19(16,17)10-5-9(6-14)18-11(10)13/h5,8,15H,3-4,6-7,14H2,1-2H3. The van der Waals surface area contributed by atoms with Gasteiger partial charge in [0.2, 0.25) is 10.0 Å². The van der Waals surface area contributed by atoms with Crippen LogP contribution >= 0.6 is 15.9 Å². The molecule has 3 N–H and O–H groups in total. The van der Waals surface area contributed by atoms with E-state index in [9.17, 15) is 8.42 Å². The van der Waals surface area contributed by atoms with Crippen LogP contribution in [0.15, 0.2) is 20.0 Å². The number of hydrogen-bond donors (Lipinski definition) is 2. The van der Waals surface area contributed by atoms with Gasteiger partial charge < -0.3 is 10.2 Å². The molecule has 0 radical (unpaired) electrons. The number of sulfonamides is 1. The summed E-state index contributed by atoms with van der Waals surface area (Å²) in [6, 6.07) is 1.46. The zero-order chi connectivity index (χ0) is 14.3. The second-order valence-electron chi connectivity index (χ2n) is 5.40. The second kappa shape index (κ2) is 5.20. The van der Waals surface area contributed by atoms with Gasteiger partial charge in [0, 0.05) is 12.6 Å². The minimum absolute atomic E-state index is 0.118. The van der Waals surface area contributed by atoms with Crippen LogP contribution in [0.25, 0.3) is 0 Å². The number of furan rings is 1. The van der Waals surface area contributed by atoms with E-state index in [1.165, 1.54) is 6.07 Å². The van der Waals surface area contributed by atoms with E-state index in [1.54, 1.807) is 0 Å². The number of hydrogen-bond acceptors (Lipinski definition) is 4. The van der Waals surface area contributed by atoms with E-state index >= 15 is 0 Å². The maximum atomic E-state index is 12.2. The van der Waals surface area contributed by atoms with Crippen molar-refractivity contribution in [2.75, 3.05) is 6.54 Å². The van der Waals surface area contributed by atoms with Crippen LogP contribution in [-0.2, 0) is 16.6 Å². The fourth-order valence-electron chi connectivity index (χ4n) is 2.12. The largest absolute Gasteiger partial charge is 0.452 e. The van der Waals surface area contributed by atoms with Crippen molar-refractivity contribution in [1.82, 2.24) is 4.72 Å². The van der Waals surface area contributed by atoms with Crippen LogP contribution in [0.3, 0.4) is 0 Å². The average molecular weight is 351 g/mol. The van der Waals surface area contributed by atoms with E-state index in [0.29, 0.717) is 18.2 Å². The second-order valence-corrected chi connectivity index (χ2v) is 7.85. The van der Waals surface area contributed by atoms with Crippen LogP contribution in [0.2, 0.25) is 0 Å². The highest BCUT2D eigenvalue weighted by Crippen LogP contribution is 2.51. The summed E-state index contributed by atoms with van der Waals surface area (Å²) in [6.07, 6.45) is 2.15. The van der Waals surface area contributed by atoms with Crippen molar-refractivity contribution in [3.05, 3.63) is 16.5 Å². The molecule has 1 aliphatic carbocycles. The van der Waals surface area contributed by atoms with Crippen molar-refractivity contribution < 1.29 is 12.8 Å². The van der Waals surface area contributed by atoms with Crippen LogP contribution in [0.5, 0.6) is 0 Å². The summed E-state index contributed by atoms with van der Waals surface area (Å²) in [4.78, 5) is 0.118. The lowest BCUT2D eigenvalue weighted by molar-refractivity contribution is 0.357. The molecule has 0 aromatic carbocycles. The van der Waals surface area contributed by atoms with E-state index in [4.69, 9.17) is 10.2 Å². The Morgan fingerprint density at radius 2 is 2.16 bits per heavy atom. The normalized spacial score (nSPS) is 17.9. The smallest absolute Gasteiger partial charge is 0.244 e. The van der Waals surface area contributed by atoms with Gasteiger partial charge in [-0.3, -0.25) is 0 Å². The Bertz CT molecular complexity index is 562. The lowest BCUT2D eigenvalue weighted by Crippen LogP contribution is -2.32. The highest BCUT2D eigenvalue weighted by atomic mass is 79.9. The van der Waals surface area contributed by atoms with Crippen molar-refractivity contribution in [2.24, 2.45) is 17.1 Å². The fraction of sp³-hybridized carbons (Fsp3) is 0.667. The molecule has 0 aliphatic heterocycles. The molecule has 0 bridgehead atoms. The monoisotopic (exact) mass is 350 g/mol. The number of nitrogens with two attached hydrogens (primary N) is 1. The van der Waals surface area contributed by atoms with Crippen LogP contribution in [-0.4, -0.2) is 15.0 Å². The minimum atomic E-state index is -3.55. The highest BCUT2D eigenvalue weighted by molar-refractivity contribution is 9.10. The molecular weight excluding hydrogens is 332 g/mol. The Hall–Kier alpha value is -0.370. The van der Waals surface area contributed by atoms with Gasteiger partial charge in [-0.2, -0.15) is 0 Å². The van der Waals surface area contributed by atoms with Crippen molar-refractivity contribution in [1.29, 1.82) is 0 Å². The summed E-state index contributed by atoms with van der Waals surface area (Å²) < 4.78 is 32.6. The maximum Gasteiger partial charge on any atom is 0.244 e. The van der Waals surface area contributed by atoms with Gasteiger partial charge in [0.15, 0.2) is 4.67 Å². The molecular formula is C12H19BrN2O3S. The van der Waals surface area contributed by atoms with E-state index in [1.807, 2.05) is 0 Å². The molecule has 2 rings (SSSR count). The molecule has 19 heavy (non-hydrogen) atoms. The van der Waals surface area contributed by atoms with Gasteiger partial charge in [0.25, 0.3) is 0 Å². The number of nitrogens with one attached hydrogen (secondary N) is 1. The van der Waals surface area contributed by atoms with Crippen LogP contribution in [0, 0.1) is 11.3 Å². The van der Waals surface area contributed by atoms with E-state index in [-0.39, 0.29) is 21.5 Å². The van der Waals surface area contributed by atoms with E-state index in [2.05, 4.69) is 34.5 Å². The molecule has 1 aliphatic rings. The third-order valence-electron chi connectivity index (χ3n) is 3.93. The summed E-state index contributed by atoms with van der Waals surface area (Å²) in [7, 11) is -3.55. The van der Waals surface area contributed by atoms with Gasteiger partial charge in [-0.25, -0.2) is 13.1 Å². The Kier molecular flexibility index (Phi) is 4.11. The Morgan fingerprint density at radius 3 is 2.58 bits per heavy atom. The topological polar surface area (TPSA) is 85.3 Å². The van der Waals surface area contributed by atoms with Gasteiger partial charge in [0.05, 0.1) is 6.54 Å². The van der Waals surface area contributed by atoms with Gasteiger partial charge in [-0.05, 0) is 40.1 Å². The minimum Gasteiger partial charge on any atom is -0.452 e. The Labute approximate surface area is 122 Å². The first-order valence-electron chi connectivity index (χ1n) is 6.29.